The van der Waals surface area contributed by atoms with E-state index in [-0.39, 0.29) is 25.2 Å². The van der Waals surface area contributed by atoms with E-state index in [1.54, 1.807) is 12.1 Å². The van der Waals surface area contributed by atoms with Crippen LogP contribution in [0.25, 0.3) is 0 Å². The van der Waals surface area contributed by atoms with Gasteiger partial charge in [-0.25, -0.2) is 0 Å². The molecule has 4 rings (SSSR count). The zero-order chi connectivity index (χ0) is 26.0. The Bertz CT molecular complexity index is 1090. The van der Waals surface area contributed by atoms with Crippen molar-refractivity contribution in [3.63, 3.8) is 0 Å². The van der Waals surface area contributed by atoms with Crippen LogP contribution >= 0.6 is 0 Å². The summed E-state index contributed by atoms with van der Waals surface area (Å²) >= 11 is 0. The molecule has 3 aromatic carbocycles. The first-order chi connectivity index (χ1) is 18.1. The summed E-state index contributed by atoms with van der Waals surface area (Å²) < 4.78 is 0. The molecule has 0 saturated carbocycles. The van der Waals surface area contributed by atoms with Gasteiger partial charge in [-0.2, -0.15) is 0 Å². The fourth-order valence-corrected chi connectivity index (χ4v) is 5.23. The minimum Gasteiger partial charge on any atom is -0.398 e. The highest BCUT2D eigenvalue weighted by atomic mass is 16.3. The van der Waals surface area contributed by atoms with E-state index in [1.165, 1.54) is 11.1 Å². The Morgan fingerprint density at radius 3 is 1.95 bits per heavy atom. The summed E-state index contributed by atoms with van der Waals surface area (Å²) in [6.07, 6.45) is 1.16. The second-order valence-electron chi connectivity index (χ2n) is 9.51. The van der Waals surface area contributed by atoms with E-state index in [9.17, 15) is 15.0 Å². The molecule has 37 heavy (non-hydrogen) atoms. The number of carbonyl (C=O) groups is 1. The highest BCUT2D eigenvalue weighted by molar-refractivity contribution is 5.92. The van der Waals surface area contributed by atoms with Gasteiger partial charge in [0, 0.05) is 63.7 Å². The number of nitrogens with zero attached hydrogens (tertiary/aromatic N) is 2. The van der Waals surface area contributed by atoms with E-state index < -0.39 is 0 Å². The summed E-state index contributed by atoms with van der Waals surface area (Å²) in [4.78, 5) is 17.7. The molecule has 0 aromatic heterocycles. The minimum atomic E-state index is -0.0622. The highest BCUT2D eigenvalue weighted by Gasteiger charge is 2.26. The van der Waals surface area contributed by atoms with Crippen LogP contribution < -0.4 is 11.1 Å². The number of piperazine rings is 1. The molecule has 1 fully saturated rings. The van der Waals surface area contributed by atoms with Crippen molar-refractivity contribution in [2.45, 2.75) is 25.3 Å². The summed E-state index contributed by atoms with van der Waals surface area (Å²) in [5.41, 5.74) is 11.5. The summed E-state index contributed by atoms with van der Waals surface area (Å²) in [5, 5.41) is 21.9. The smallest absolute Gasteiger partial charge is 0.225 e. The molecule has 1 aliphatic rings. The van der Waals surface area contributed by atoms with Gasteiger partial charge < -0.3 is 26.2 Å². The van der Waals surface area contributed by atoms with E-state index >= 15 is 0 Å². The molecular formula is C30H38N4O3. The van der Waals surface area contributed by atoms with Crippen molar-refractivity contribution >= 4 is 17.3 Å². The SMILES string of the molecule is Nc1ccc(NC(=O)CCN2CCN(C(c3ccccc3)c3ccccc3)CC2)c(CCO)c1CCO. The van der Waals surface area contributed by atoms with Crippen molar-refractivity contribution in [3.8, 4) is 0 Å². The van der Waals surface area contributed by atoms with Gasteiger partial charge in [0.05, 0.1) is 6.04 Å². The molecule has 0 atom stereocenters. The molecule has 0 aliphatic carbocycles. The van der Waals surface area contributed by atoms with Crippen LogP contribution in [-0.4, -0.2) is 71.9 Å². The number of carbonyl (C=O) groups excluding carboxylic acids is 1. The van der Waals surface area contributed by atoms with Gasteiger partial charge in [-0.15, -0.1) is 0 Å². The number of amides is 1. The molecule has 5 N–H and O–H groups in total. The number of nitrogen functional groups attached to an aromatic ring is 1. The Balaban J connectivity index is 1.34. The third kappa shape index (κ3) is 6.96. The maximum Gasteiger partial charge on any atom is 0.225 e. The number of benzene rings is 3. The normalized spacial score (nSPS) is 14.7. The molecule has 7 heteroatoms. The van der Waals surface area contributed by atoms with E-state index in [0.29, 0.717) is 37.2 Å². The van der Waals surface area contributed by atoms with Crippen LogP contribution in [0, 0.1) is 0 Å². The van der Waals surface area contributed by atoms with Crippen LogP contribution in [0.1, 0.15) is 34.7 Å². The largest absolute Gasteiger partial charge is 0.398 e. The number of aliphatic hydroxyl groups excluding tert-OH is 2. The average molecular weight is 503 g/mol. The zero-order valence-corrected chi connectivity index (χ0v) is 21.4. The molecule has 0 unspecified atom stereocenters. The fraction of sp³-hybridized carbons (Fsp3) is 0.367. The highest BCUT2D eigenvalue weighted by Crippen LogP contribution is 2.30. The van der Waals surface area contributed by atoms with Crippen LogP contribution in [-0.2, 0) is 17.6 Å². The lowest BCUT2D eigenvalue weighted by molar-refractivity contribution is -0.116. The van der Waals surface area contributed by atoms with Crippen molar-refractivity contribution in [2.75, 3.05) is 57.0 Å². The van der Waals surface area contributed by atoms with Gasteiger partial charge in [0.15, 0.2) is 0 Å². The molecule has 1 amide bonds. The van der Waals surface area contributed by atoms with Crippen LogP contribution in [0.3, 0.4) is 0 Å². The van der Waals surface area contributed by atoms with E-state index in [0.717, 1.165) is 37.3 Å². The van der Waals surface area contributed by atoms with Crippen LogP contribution in [0.4, 0.5) is 11.4 Å². The average Bonchev–Trinajstić information content (AvgIpc) is 2.93. The van der Waals surface area contributed by atoms with Gasteiger partial charge in [-0.05, 0) is 47.2 Å². The third-order valence-corrected chi connectivity index (χ3v) is 7.12. The van der Waals surface area contributed by atoms with Crippen LogP contribution in [0.2, 0.25) is 0 Å². The van der Waals surface area contributed by atoms with Gasteiger partial charge in [-0.3, -0.25) is 9.69 Å². The molecule has 7 nitrogen and oxygen atoms in total. The summed E-state index contributed by atoms with van der Waals surface area (Å²) in [5.74, 6) is -0.0622. The van der Waals surface area contributed by atoms with Crippen molar-refractivity contribution in [1.29, 1.82) is 0 Å². The van der Waals surface area contributed by atoms with Gasteiger partial charge in [0.25, 0.3) is 0 Å². The van der Waals surface area contributed by atoms with E-state index in [1.807, 2.05) is 0 Å². The first-order valence-electron chi connectivity index (χ1n) is 13.1. The van der Waals surface area contributed by atoms with Gasteiger partial charge in [-0.1, -0.05) is 60.7 Å². The molecule has 0 radical (unpaired) electrons. The lowest BCUT2D eigenvalue weighted by atomic mass is 9.96. The summed E-state index contributed by atoms with van der Waals surface area (Å²) in [7, 11) is 0. The Hall–Kier alpha value is -3.23. The number of hydrogen-bond donors (Lipinski definition) is 4. The predicted molar refractivity (Wildman–Crippen MR) is 148 cm³/mol. The van der Waals surface area contributed by atoms with Crippen LogP contribution in [0.5, 0.6) is 0 Å². The first kappa shape index (κ1) is 26.8. The Labute approximate surface area is 219 Å². The lowest BCUT2D eigenvalue weighted by Gasteiger charge is -2.39. The maximum atomic E-state index is 12.8. The second kappa shape index (κ2) is 13.4. The monoisotopic (exact) mass is 502 g/mol. The predicted octanol–water partition coefficient (Wildman–Crippen LogP) is 3.07. The second-order valence-corrected chi connectivity index (χ2v) is 9.51. The molecule has 0 spiro atoms. The quantitative estimate of drug-likeness (QED) is 0.301. The van der Waals surface area contributed by atoms with E-state index in [2.05, 4.69) is 75.8 Å². The van der Waals surface area contributed by atoms with Gasteiger partial charge in [0.2, 0.25) is 5.91 Å². The Morgan fingerprint density at radius 2 is 1.38 bits per heavy atom. The number of nitrogens with one attached hydrogen (secondary N) is 1. The minimum absolute atomic E-state index is 0.0403. The number of rotatable bonds is 11. The third-order valence-electron chi connectivity index (χ3n) is 7.12. The number of anilines is 2. The molecule has 1 saturated heterocycles. The summed E-state index contributed by atoms with van der Waals surface area (Å²) in [6.45, 7) is 4.26. The van der Waals surface area contributed by atoms with Crippen molar-refractivity contribution in [1.82, 2.24) is 9.80 Å². The number of nitrogens with two attached hydrogens (primary N) is 1. The van der Waals surface area contributed by atoms with Crippen molar-refractivity contribution in [2.24, 2.45) is 0 Å². The van der Waals surface area contributed by atoms with E-state index in [4.69, 9.17) is 5.73 Å². The standard InChI is InChI=1S/C30H38N4O3/c31-27-11-12-28(26(15-22-36)25(27)14-21-35)32-29(37)13-16-33-17-19-34(20-18-33)30(23-7-3-1-4-8-23)24-9-5-2-6-10-24/h1-12,30,35-36H,13-22,31H2,(H,32,37). The fourth-order valence-electron chi connectivity index (χ4n) is 5.23. The maximum absolute atomic E-state index is 12.8. The van der Waals surface area contributed by atoms with Crippen molar-refractivity contribution < 1.29 is 15.0 Å². The molecule has 0 bridgehead atoms. The van der Waals surface area contributed by atoms with Crippen LogP contribution in [0.15, 0.2) is 72.8 Å². The molecule has 1 aliphatic heterocycles. The van der Waals surface area contributed by atoms with Gasteiger partial charge in [0.1, 0.15) is 0 Å². The molecule has 3 aromatic rings. The molecule has 196 valence electrons. The number of aliphatic hydroxyl groups is 2. The van der Waals surface area contributed by atoms with Gasteiger partial charge >= 0.3 is 0 Å². The lowest BCUT2D eigenvalue weighted by Crippen LogP contribution is -2.48. The molecule has 1 heterocycles. The Morgan fingerprint density at radius 1 is 0.811 bits per heavy atom. The molecular weight excluding hydrogens is 464 g/mol. The number of hydrogen-bond acceptors (Lipinski definition) is 6. The summed E-state index contributed by atoms with van der Waals surface area (Å²) in [6, 6.07) is 25.0. The first-order valence-corrected chi connectivity index (χ1v) is 13.1. The Kier molecular flexibility index (Phi) is 9.68. The van der Waals surface area contributed by atoms with Crippen molar-refractivity contribution in [3.05, 3.63) is 95.1 Å². The zero-order valence-electron chi connectivity index (χ0n) is 21.4. The topological polar surface area (TPSA) is 102 Å².